The molecule has 4 nitrogen and oxygen atoms in total. The molecular weight excluding hydrogens is 268 g/mol. The van der Waals surface area contributed by atoms with Gasteiger partial charge in [0.05, 0.1) is 5.88 Å². The van der Waals surface area contributed by atoms with E-state index in [0.717, 1.165) is 0 Å². The van der Waals surface area contributed by atoms with Crippen molar-refractivity contribution in [3.8, 4) is 0 Å². The standard InChI is InChI=1S/C15H32N4S/c1-14(2)17-7-5-16(6-8-17)13-20-19-11-9-18(10-12-19)15(3)4/h14-15H,5-13H2,1-4H3. The zero-order valence-electron chi connectivity index (χ0n) is 13.7. The van der Waals surface area contributed by atoms with Crippen molar-refractivity contribution in [2.75, 3.05) is 58.2 Å². The smallest absolute Gasteiger partial charge is 0.0593 e. The Morgan fingerprint density at radius 1 is 0.700 bits per heavy atom. The Morgan fingerprint density at radius 2 is 1.15 bits per heavy atom. The lowest BCUT2D eigenvalue weighted by Gasteiger charge is -2.39. The van der Waals surface area contributed by atoms with Crippen molar-refractivity contribution >= 4 is 11.9 Å². The molecule has 2 aliphatic rings. The molecule has 118 valence electrons. The van der Waals surface area contributed by atoms with Gasteiger partial charge < -0.3 is 0 Å². The maximum absolute atomic E-state index is 2.61. The molecule has 0 radical (unpaired) electrons. The molecule has 0 aromatic carbocycles. The molecule has 0 aromatic heterocycles. The molecule has 20 heavy (non-hydrogen) atoms. The van der Waals surface area contributed by atoms with Crippen molar-refractivity contribution < 1.29 is 0 Å². The fourth-order valence-electron chi connectivity index (χ4n) is 2.92. The van der Waals surface area contributed by atoms with Gasteiger partial charge in [-0.3, -0.25) is 14.7 Å². The van der Waals surface area contributed by atoms with Crippen molar-refractivity contribution in [3.63, 3.8) is 0 Å². The summed E-state index contributed by atoms with van der Waals surface area (Å²) in [7, 11) is 0. The van der Waals surface area contributed by atoms with Crippen LogP contribution in [0.5, 0.6) is 0 Å². The highest BCUT2D eigenvalue weighted by atomic mass is 32.2. The van der Waals surface area contributed by atoms with Crippen molar-refractivity contribution in [2.24, 2.45) is 0 Å². The molecular formula is C15H32N4S. The summed E-state index contributed by atoms with van der Waals surface area (Å²) >= 11 is 2.04. The zero-order valence-corrected chi connectivity index (χ0v) is 14.5. The SMILES string of the molecule is CC(C)N1CCN(CSN2CCN(C(C)C)CC2)CC1. The maximum Gasteiger partial charge on any atom is 0.0593 e. The lowest BCUT2D eigenvalue weighted by Crippen LogP contribution is -2.50. The fraction of sp³-hybridized carbons (Fsp3) is 1.00. The summed E-state index contributed by atoms with van der Waals surface area (Å²) in [5.74, 6) is 1.17. The van der Waals surface area contributed by atoms with E-state index >= 15 is 0 Å². The summed E-state index contributed by atoms with van der Waals surface area (Å²) in [5, 5.41) is 0. The molecule has 0 unspecified atom stereocenters. The van der Waals surface area contributed by atoms with Gasteiger partial charge in [-0.15, -0.1) is 0 Å². The van der Waals surface area contributed by atoms with Crippen molar-refractivity contribution in [1.82, 2.24) is 19.0 Å². The van der Waals surface area contributed by atoms with E-state index in [1.54, 1.807) is 0 Å². The van der Waals surface area contributed by atoms with E-state index in [9.17, 15) is 0 Å². The van der Waals surface area contributed by atoms with Gasteiger partial charge in [-0.25, -0.2) is 4.31 Å². The number of rotatable bonds is 5. The van der Waals surface area contributed by atoms with Gasteiger partial charge in [0, 0.05) is 64.4 Å². The zero-order chi connectivity index (χ0) is 14.5. The highest BCUT2D eigenvalue weighted by molar-refractivity contribution is 7.96. The molecule has 2 rings (SSSR count). The van der Waals surface area contributed by atoms with Crippen molar-refractivity contribution in [2.45, 2.75) is 39.8 Å². The molecule has 5 heteroatoms. The molecule has 0 atom stereocenters. The quantitative estimate of drug-likeness (QED) is 0.714. The molecule has 0 N–H and O–H groups in total. The van der Waals surface area contributed by atoms with Gasteiger partial charge in [0.25, 0.3) is 0 Å². The van der Waals surface area contributed by atoms with Crippen LogP contribution in [0.1, 0.15) is 27.7 Å². The van der Waals surface area contributed by atoms with E-state index in [2.05, 4.69) is 46.7 Å². The number of nitrogens with zero attached hydrogens (tertiary/aromatic N) is 4. The van der Waals surface area contributed by atoms with Crippen LogP contribution < -0.4 is 0 Å². The molecule has 2 aliphatic heterocycles. The van der Waals surface area contributed by atoms with E-state index in [-0.39, 0.29) is 0 Å². The molecule has 0 spiro atoms. The van der Waals surface area contributed by atoms with E-state index in [0.29, 0.717) is 12.1 Å². The van der Waals surface area contributed by atoms with Crippen LogP contribution >= 0.6 is 11.9 Å². The van der Waals surface area contributed by atoms with Crippen molar-refractivity contribution in [1.29, 1.82) is 0 Å². The minimum atomic E-state index is 0.700. The normalized spacial score (nSPS) is 24.9. The summed E-state index contributed by atoms with van der Waals surface area (Å²) in [6.45, 7) is 19.0. The third-order valence-corrected chi connectivity index (χ3v) is 5.77. The van der Waals surface area contributed by atoms with Gasteiger partial charge >= 0.3 is 0 Å². The summed E-state index contributed by atoms with van der Waals surface area (Å²) in [6, 6.07) is 1.40. The van der Waals surface area contributed by atoms with Crippen LogP contribution in [0, 0.1) is 0 Å². The van der Waals surface area contributed by atoms with Crippen LogP contribution in [0.25, 0.3) is 0 Å². The Labute approximate surface area is 129 Å². The predicted octanol–water partition coefficient (Wildman–Crippen LogP) is 1.64. The van der Waals surface area contributed by atoms with Crippen LogP contribution in [-0.2, 0) is 0 Å². The highest BCUT2D eigenvalue weighted by Gasteiger charge is 2.22. The molecule has 0 aromatic rings. The average molecular weight is 301 g/mol. The second kappa shape index (κ2) is 7.99. The number of hydrogen-bond acceptors (Lipinski definition) is 5. The first-order valence-electron chi connectivity index (χ1n) is 8.14. The lowest BCUT2D eigenvalue weighted by molar-refractivity contribution is 0.120. The Balaban J connectivity index is 1.60. The third kappa shape index (κ3) is 4.88. The average Bonchev–Trinajstić information content (AvgIpc) is 2.46. The Kier molecular flexibility index (Phi) is 6.62. The summed E-state index contributed by atoms with van der Waals surface area (Å²) in [5.41, 5.74) is 0. The first-order chi connectivity index (χ1) is 9.56. The Hall–Kier alpha value is 0.190. The first kappa shape index (κ1) is 16.6. The van der Waals surface area contributed by atoms with Gasteiger partial charge in [-0.2, -0.15) is 0 Å². The molecule has 2 heterocycles. The molecule has 0 aliphatic carbocycles. The molecule has 0 bridgehead atoms. The van der Waals surface area contributed by atoms with Crippen LogP contribution in [0.3, 0.4) is 0 Å². The van der Waals surface area contributed by atoms with Crippen molar-refractivity contribution in [3.05, 3.63) is 0 Å². The van der Waals surface area contributed by atoms with Crippen LogP contribution in [-0.4, -0.2) is 89.3 Å². The second-order valence-corrected chi connectivity index (χ2v) is 7.60. The van der Waals surface area contributed by atoms with E-state index < -0.39 is 0 Å². The monoisotopic (exact) mass is 300 g/mol. The van der Waals surface area contributed by atoms with Crippen LogP contribution in [0.15, 0.2) is 0 Å². The first-order valence-corrected chi connectivity index (χ1v) is 9.09. The number of hydrogen-bond donors (Lipinski definition) is 0. The van der Waals surface area contributed by atoms with Crippen LogP contribution in [0.2, 0.25) is 0 Å². The Morgan fingerprint density at radius 3 is 1.60 bits per heavy atom. The van der Waals surface area contributed by atoms with Gasteiger partial charge in [0.2, 0.25) is 0 Å². The van der Waals surface area contributed by atoms with E-state index in [4.69, 9.17) is 0 Å². The highest BCUT2D eigenvalue weighted by Crippen LogP contribution is 2.17. The van der Waals surface area contributed by atoms with E-state index in [1.807, 2.05) is 11.9 Å². The summed E-state index contributed by atoms with van der Waals surface area (Å²) in [4.78, 5) is 7.78. The molecule has 0 saturated carbocycles. The molecule has 2 fully saturated rings. The third-order valence-electron chi connectivity index (χ3n) is 4.56. The van der Waals surface area contributed by atoms with Gasteiger partial charge in [-0.05, 0) is 27.7 Å². The predicted molar refractivity (Wildman–Crippen MR) is 89.0 cm³/mol. The van der Waals surface area contributed by atoms with E-state index in [1.165, 1.54) is 58.2 Å². The van der Waals surface area contributed by atoms with Gasteiger partial charge in [0.15, 0.2) is 0 Å². The second-order valence-electron chi connectivity index (χ2n) is 6.56. The fourth-order valence-corrected chi connectivity index (χ4v) is 3.93. The van der Waals surface area contributed by atoms with Gasteiger partial charge in [-0.1, -0.05) is 11.9 Å². The van der Waals surface area contributed by atoms with Gasteiger partial charge in [0.1, 0.15) is 0 Å². The maximum atomic E-state index is 2.61. The van der Waals surface area contributed by atoms with Crippen LogP contribution in [0.4, 0.5) is 0 Å². The lowest BCUT2D eigenvalue weighted by atomic mass is 10.2. The minimum Gasteiger partial charge on any atom is -0.298 e. The number of piperazine rings is 2. The molecule has 0 amide bonds. The summed E-state index contributed by atoms with van der Waals surface area (Å²) < 4.78 is 2.56. The topological polar surface area (TPSA) is 13.0 Å². The molecule has 2 saturated heterocycles. The minimum absolute atomic E-state index is 0.700. The Bertz CT molecular complexity index is 241. The summed E-state index contributed by atoms with van der Waals surface area (Å²) in [6.07, 6.45) is 0. The largest absolute Gasteiger partial charge is 0.298 e.